The molecule has 2 aromatic rings. The predicted octanol–water partition coefficient (Wildman–Crippen LogP) is 1.77. The molecule has 0 atom stereocenters. The normalized spacial score (nSPS) is 9.73. The van der Waals surface area contributed by atoms with Crippen molar-refractivity contribution < 1.29 is 0 Å². The van der Waals surface area contributed by atoms with E-state index in [2.05, 4.69) is 18.2 Å². The van der Waals surface area contributed by atoms with E-state index in [-0.39, 0.29) is 14.5 Å². The first-order valence-electron chi connectivity index (χ1n) is 3.29. The van der Waals surface area contributed by atoms with Gasteiger partial charge in [-0.15, -0.1) is 0 Å². The summed E-state index contributed by atoms with van der Waals surface area (Å²) in [4.78, 5) is 0. The monoisotopic (exact) mass is 207 g/mol. The summed E-state index contributed by atoms with van der Waals surface area (Å²) in [6.07, 6.45) is 0. The fourth-order valence-corrected chi connectivity index (χ4v) is 2.84. The molecule has 0 bridgehead atoms. The molecule has 2 rings (SSSR count). The second-order valence-electron chi connectivity index (χ2n) is 2.26. The van der Waals surface area contributed by atoms with Gasteiger partial charge in [0.05, 0.1) is 0 Å². The Balaban J connectivity index is 2.81. The summed E-state index contributed by atoms with van der Waals surface area (Å²) < 4.78 is 2.26. The molecule has 0 aliphatic rings. The van der Waals surface area contributed by atoms with Crippen molar-refractivity contribution in [2.45, 2.75) is 0 Å². The van der Waals surface area contributed by atoms with Gasteiger partial charge in [0.15, 0.2) is 0 Å². The molecule has 1 heterocycles. The maximum atomic E-state index is 8.64. The van der Waals surface area contributed by atoms with Crippen molar-refractivity contribution in [2.24, 2.45) is 0 Å². The second kappa shape index (κ2) is 2.54. The van der Waals surface area contributed by atoms with Crippen molar-refractivity contribution >= 4 is 24.1 Å². The van der Waals surface area contributed by atoms with Crippen molar-refractivity contribution in [3.63, 3.8) is 0 Å². The minimum atomic E-state index is 0.269. The van der Waals surface area contributed by atoms with E-state index in [4.69, 9.17) is 5.26 Å². The van der Waals surface area contributed by atoms with Crippen LogP contribution in [0.4, 0.5) is 0 Å². The zero-order chi connectivity index (χ0) is 7.68. The van der Waals surface area contributed by atoms with Crippen molar-refractivity contribution in [3.8, 4) is 6.07 Å². The van der Waals surface area contributed by atoms with Gasteiger partial charge in [0, 0.05) is 0 Å². The number of nitrogens with zero attached hydrogens (tertiary/aromatic N) is 1. The van der Waals surface area contributed by atoms with Gasteiger partial charge < -0.3 is 0 Å². The van der Waals surface area contributed by atoms with E-state index >= 15 is 0 Å². The average Bonchev–Trinajstić information content (AvgIpc) is 2.46. The molecule has 0 saturated heterocycles. The van der Waals surface area contributed by atoms with E-state index < -0.39 is 0 Å². The molecule has 1 aromatic heterocycles. The Hall–Kier alpha value is -1.03. The molecule has 0 fully saturated rings. The van der Waals surface area contributed by atoms with Crippen LogP contribution in [-0.2, 0) is 0 Å². The van der Waals surface area contributed by atoms with Crippen LogP contribution in [0.15, 0.2) is 30.3 Å². The molecule has 0 spiro atoms. The molecule has 0 radical (unpaired) electrons. The summed E-state index contributed by atoms with van der Waals surface area (Å²) in [6, 6.07) is 12.4. The molecule has 0 aliphatic heterocycles. The van der Waals surface area contributed by atoms with Crippen LogP contribution in [-0.4, -0.2) is 14.5 Å². The summed E-state index contributed by atoms with van der Waals surface area (Å²) in [5.74, 6) is 0. The Morgan fingerprint density at radius 2 is 2.09 bits per heavy atom. The molecule has 0 amide bonds. The van der Waals surface area contributed by atoms with Crippen molar-refractivity contribution in [3.05, 3.63) is 34.8 Å². The van der Waals surface area contributed by atoms with Crippen molar-refractivity contribution in [2.75, 3.05) is 0 Å². The van der Waals surface area contributed by atoms with Crippen LogP contribution in [0.25, 0.3) is 9.65 Å². The first kappa shape index (κ1) is 6.67. The first-order valence-corrected chi connectivity index (χ1v) is 5.00. The van der Waals surface area contributed by atoms with Crippen LogP contribution in [0.1, 0.15) is 4.44 Å². The standard InChI is InChI=1S/C9H5NSe/c10-6-8-5-7-3-1-2-4-9(7)11-8/h1-5H. The van der Waals surface area contributed by atoms with Gasteiger partial charge in [-0.3, -0.25) is 0 Å². The molecule has 0 unspecified atom stereocenters. The quantitative estimate of drug-likeness (QED) is 0.602. The van der Waals surface area contributed by atoms with Gasteiger partial charge >= 0.3 is 70.3 Å². The number of hydrogen-bond donors (Lipinski definition) is 0. The summed E-state index contributed by atoms with van der Waals surface area (Å²) in [5.41, 5.74) is 0. The van der Waals surface area contributed by atoms with Gasteiger partial charge in [-0.25, -0.2) is 0 Å². The molecule has 0 aliphatic carbocycles. The van der Waals surface area contributed by atoms with Gasteiger partial charge in [-0.1, -0.05) is 0 Å². The topological polar surface area (TPSA) is 23.8 Å². The van der Waals surface area contributed by atoms with Gasteiger partial charge in [-0.05, 0) is 0 Å². The SMILES string of the molecule is N#Cc1cc2ccccc2[se]1. The zero-order valence-electron chi connectivity index (χ0n) is 5.74. The van der Waals surface area contributed by atoms with Crippen LogP contribution < -0.4 is 0 Å². The molecule has 1 aromatic carbocycles. The number of fused-ring (bicyclic) bond motifs is 1. The third-order valence-electron chi connectivity index (χ3n) is 1.54. The molecule has 2 heteroatoms. The number of benzene rings is 1. The Labute approximate surface area is 70.6 Å². The van der Waals surface area contributed by atoms with Gasteiger partial charge in [0.2, 0.25) is 0 Å². The van der Waals surface area contributed by atoms with Gasteiger partial charge in [-0.2, -0.15) is 0 Å². The number of nitriles is 1. The van der Waals surface area contributed by atoms with E-state index in [0.717, 1.165) is 4.44 Å². The van der Waals surface area contributed by atoms with E-state index in [9.17, 15) is 0 Å². The van der Waals surface area contributed by atoms with Crippen molar-refractivity contribution in [1.29, 1.82) is 5.26 Å². The third kappa shape index (κ3) is 1.09. The predicted molar refractivity (Wildman–Crippen MR) is 45.6 cm³/mol. The van der Waals surface area contributed by atoms with Crippen molar-refractivity contribution in [1.82, 2.24) is 0 Å². The average molecular weight is 206 g/mol. The van der Waals surface area contributed by atoms with Crippen LogP contribution in [0.5, 0.6) is 0 Å². The van der Waals surface area contributed by atoms with Crippen LogP contribution in [0, 0.1) is 11.3 Å². The Morgan fingerprint density at radius 1 is 1.27 bits per heavy atom. The summed E-state index contributed by atoms with van der Waals surface area (Å²) in [5, 5.41) is 9.86. The second-order valence-corrected chi connectivity index (χ2v) is 4.53. The molecule has 11 heavy (non-hydrogen) atoms. The molecule has 1 nitrogen and oxygen atoms in total. The molecule has 52 valence electrons. The maximum absolute atomic E-state index is 8.64. The first-order chi connectivity index (χ1) is 5.40. The Bertz CT molecular complexity index is 389. The molecule has 0 N–H and O–H groups in total. The van der Waals surface area contributed by atoms with Crippen LogP contribution >= 0.6 is 0 Å². The number of hydrogen-bond acceptors (Lipinski definition) is 1. The fraction of sp³-hybridized carbons (Fsp3) is 0. The van der Waals surface area contributed by atoms with E-state index in [1.807, 2.05) is 18.2 Å². The Kier molecular flexibility index (Phi) is 1.54. The fourth-order valence-electron chi connectivity index (χ4n) is 1.04. The van der Waals surface area contributed by atoms with E-state index in [1.54, 1.807) is 0 Å². The summed E-state index contributed by atoms with van der Waals surface area (Å²) in [6.45, 7) is 0. The third-order valence-corrected chi connectivity index (χ3v) is 3.68. The summed E-state index contributed by atoms with van der Waals surface area (Å²) >= 11 is 0.269. The zero-order valence-corrected chi connectivity index (χ0v) is 7.46. The van der Waals surface area contributed by atoms with E-state index in [0.29, 0.717) is 0 Å². The van der Waals surface area contributed by atoms with Gasteiger partial charge in [0.1, 0.15) is 0 Å². The minimum absolute atomic E-state index is 0.269. The molecular formula is C9H5NSe. The number of rotatable bonds is 0. The molecule has 0 saturated carbocycles. The van der Waals surface area contributed by atoms with Crippen LogP contribution in [0.2, 0.25) is 0 Å². The van der Waals surface area contributed by atoms with Gasteiger partial charge in [0.25, 0.3) is 0 Å². The van der Waals surface area contributed by atoms with E-state index in [1.165, 1.54) is 9.65 Å². The summed E-state index contributed by atoms with van der Waals surface area (Å²) in [7, 11) is 0. The van der Waals surface area contributed by atoms with Crippen LogP contribution in [0.3, 0.4) is 0 Å². The molecular weight excluding hydrogens is 201 g/mol. The Morgan fingerprint density at radius 3 is 2.82 bits per heavy atom.